The van der Waals surface area contributed by atoms with Gasteiger partial charge in [-0.3, -0.25) is 0 Å². The molecule has 4 rings (SSSR count). The summed E-state index contributed by atoms with van der Waals surface area (Å²) in [7, 11) is 2.18. The van der Waals surface area contributed by atoms with Gasteiger partial charge in [-0.2, -0.15) is 0 Å². The Morgan fingerprint density at radius 2 is 2.07 bits per heavy atom. The lowest BCUT2D eigenvalue weighted by atomic mass is 9.87. The highest BCUT2D eigenvalue weighted by molar-refractivity contribution is 14.0. The maximum Gasteiger partial charge on any atom is 0.194 e. The summed E-state index contributed by atoms with van der Waals surface area (Å²) in [4.78, 5) is 16.7. The lowest BCUT2D eigenvalue weighted by Crippen LogP contribution is -2.44. The molecule has 7 nitrogen and oxygen atoms in total. The van der Waals surface area contributed by atoms with Gasteiger partial charge in [0.15, 0.2) is 5.96 Å². The van der Waals surface area contributed by atoms with E-state index in [0.717, 1.165) is 70.8 Å². The molecule has 29 heavy (non-hydrogen) atoms. The molecule has 3 aliphatic heterocycles. The van der Waals surface area contributed by atoms with Crippen LogP contribution in [0.5, 0.6) is 0 Å². The molecule has 0 saturated carbocycles. The third kappa shape index (κ3) is 5.52. The second kappa shape index (κ2) is 10.3. The predicted octanol–water partition coefficient (Wildman–Crippen LogP) is 2.03. The standard InChI is InChI=1S/C21H34N6O.HI/c1-3-22-20(27-8-5-21(16-27)6-13-28-17-21)24-15-18-4-7-23-19(14-18)26-11-9-25(2)10-12-26;/h4,7,14H,3,5-6,8-13,15-17H2,1-2H3,(H,22,24);1H. The van der Waals surface area contributed by atoms with Gasteiger partial charge in [0, 0.05) is 64.0 Å². The van der Waals surface area contributed by atoms with E-state index in [4.69, 9.17) is 9.73 Å². The third-order valence-electron chi connectivity index (χ3n) is 6.31. The Morgan fingerprint density at radius 1 is 1.24 bits per heavy atom. The second-order valence-electron chi connectivity index (χ2n) is 8.46. The molecule has 8 heteroatoms. The zero-order valence-electron chi connectivity index (χ0n) is 17.8. The van der Waals surface area contributed by atoms with Crippen molar-refractivity contribution in [1.29, 1.82) is 0 Å². The number of hydrogen-bond donors (Lipinski definition) is 1. The van der Waals surface area contributed by atoms with Crippen molar-refractivity contribution in [3.05, 3.63) is 23.9 Å². The summed E-state index contributed by atoms with van der Waals surface area (Å²) in [5.74, 6) is 2.11. The first-order chi connectivity index (χ1) is 13.7. The van der Waals surface area contributed by atoms with Crippen LogP contribution in [0.1, 0.15) is 25.3 Å². The molecule has 0 aromatic carbocycles. The molecule has 162 valence electrons. The number of piperazine rings is 1. The Balaban J connectivity index is 0.00000240. The van der Waals surface area contributed by atoms with Crippen molar-refractivity contribution in [2.75, 3.05) is 71.0 Å². The van der Waals surface area contributed by atoms with Crippen LogP contribution in [0.3, 0.4) is 0 Å². The van der Waals surface area contributed by atoms with Crippen molar-refractivity contribution in [3.8, 4) is 0 Å². The number of nitrogens with zero attached hydrogens (tertiary/aromatic N) is 5. The number of likely N-dealkylation sites (tertiary alicyclic amines) is 1. The van der Waals surface area contributed by atoms with Crippen molar-refractivity contribution in [3.63, 3.8) is 0 Å². The van der Waals surface area contributed by atoms with E-state index in [0.29, 0.717) is 12.0 Å². The van der Waals surface area contributed by atoms with Gasteiger partial charge in [-0.05, 0) is 44.5 Å². The smallest absolute Gasteiger partial charge is 0.194 e. The molecule has 0 aliphatic carbocycles. The van der Waals surface area contributed by atoms with Gasteiger partial charge < -0.3 is 24.8 Å². The predicted molar refractivity (Wildman–Crippen MR) is 128 cm³/mol. The molecule has 1 unspecified atom stereocenters. The second-order valence-corrected chi connectivity index (χ2v) is 8.46. The number of ether oxygens (including phenoxy) is 1. The van der Waals surface area contributed by atoms with E-state index >= 15 is 0 Å². The van der Waals surface area contributed by atoms with Gasteiger partial charge >= 0.3 is 0 Å². The number of guanidine groups is 1. The molecular weight excluding hydrogens is 479 g/mol. The van der Waals surface area contributed by atoms with Gasteiger partial charge in [0.05, 0.1) is 13.2 Å². The molecule has 3 fully saturated rings. The van der Waals surface area contributed by atoms with Gasteiger partial charge in [-0.15, -0.1) is 24.0 Å². The number of hydrogen-bond acceptors (Lipinski definition) is 5. The SMILES string of the molecule is CCNC(=NCc1ccnc(N2CCN(C)CC2)c1)N1CCC2(CCOC2)C1.I. The molecule has 3 saturated heterocycles. The van der Waals surface area contributed by atoms with E-state index in [1.54, 1.807) is 0 Å². The fraction of sp³-hybridized carbons (Fsp3) is 0.714. The molecule has 0 radical (unpaired) electrons. The Morgan fingerprint density at radius 3 is 2.79 bits per heavy atom. The fourth-order valence-corrected chi connectivity index (χ4v) is 4.45. The minimum Gasteiger partial charge on any atom is -0.381 e. The van der Waals surface area contributed by atoms with Crippen molar-refractivity contribution in [2.45, 2.75) is 26.3 Å². The van der Waals surface area contributed by atoms with E-state index < -0.39 is 0 Å². The zero-order chi connectivity index (χ0) is 19.4. The maximum atomic E-state index is 5.68. The van der Waals surface area contributed by atoms with Crippen LogP contribution in [0, 0.1) is 5.41 Å². The number of halogens is 1. The molecule has 1 atom stereocenters. The average Bonchev–Trinajstić information content (AvgIpc) is 3.36. The first-order valence-corrected chi connectivity index (χ1v) is 10.7. The summed E-state index contributed by atoms with van der Waals surface area (Å²) in [5.41, 5.74) is 1.57. The summed E-state index contributed by atoms with van der Waals surface area (Å²) in [6, 6.07) is 4.29. The molecule has 3 aliphatic rings. The highest BCUT2D eigenvalue weighted by atomic mass is 127. The number of nitrogens with one attached hydrogen (secondary N) is 1. The number of rotatable bonds is 4. The fourth-order valence-electron chi connectivity index (χ4n) is 4.45. The largest absolute Gasteiger partial charge is 0.381 e. The summed E-state index contributed by atoms with van der Waals surface area (Å²) < 4.78 is 5.68. The first kappa shape index (κ1) is 22.6. The van der Waals surface area contributed by atoms with Crippen LogP contribution >= 0.6 is 24.0 Å². The Hall–Kier alpha value is -1.13. The summed E-state index contributed by atoms with van der Waals surface area (Å²) >= 11 is 0. The van der Waals surface area contributed by atoms with Crippen molar-refractivity contribution < 1.29 is 4.74 Å². The number of anilines is 1. The van der Waals surface area contributed by atoms with Crippen LogP contribution in [0.2, 0.25) is 0 Å². The highest BCUT2D eigenvalue weighted by Gasteiger charge is 2.42. The summed E-state index contributed by atoms with van der Waals surface area (Å²) in [6.45, 7) is 11.9. The minimum absolute atomic E-state index is 0. The van der Waals surface area contributed by atoms with E-state index in [9.17, 15) is 0 Å². The van der Waals surface area contributed by atoms with Gasteiger partial charge in [0.1, 0.15) is 5.82 Å². The Kier molecular flexibility index (Phi) is 7.98. The molecule has 1 aromatic rings. The molecule has 1 spiro atoms. The van der Waals surface area contributed by atoms with Gasteiger partial charge in [-0.1, -0.05) is 0 Å². The van der Waals surface area contributed by atoms with Crippen LogP contribution < -0.4 is 10.2 Å². The van der Waals surface area contributed by atoms with Crippen LogP contribution in [-0.4, -0.2) is 86.8 Å². The van der Waals surface area contributed by atoms with Crippen LogP contribution in [0.25, 0.3) is 0 Å². The Bertz CT molecular complexity index is 686. The average molecular weight is 514 g/mol. The lowest BCUT2D eigenvalue weighted by molar-refractivity contribution is 0.156. The molecular formula is C21H35IN6O. The maximum absolute atomic E-state index is 5.68. The minimum atomic E-state index is 0. The van der Waals surface area contributed by atoms with E-state index in [1.807, 2.05) is 6.20 Å². The molecule has 0 bridgehead atoms. The topological polar surface area (TPSA) is 56.2 Å². The number of pyridine rings is 1. The third-order valence-corrected chi connectivity index (χ3v) is 6.31. The van der Waals surface area contributed by atoms with Crippen molar-refractivity contribution in [2.24, 2.45) is 10.4 Å². The van der Waals surface area contributed by atoms with Gasteiger partial charge in [0.25, 0.3) is 0 Å². The van der Waals surface area contributed by atoms with Crippen LogP contribution in [-0.2, 0) is 11.3 Å². The molecule has 0 amide bonds. The normalized spacial score (nSPS) is 25.5. The van der Waals surface area contributed by atoms with Crippen LogP contribution in [0.15, 0.2) is 23.3 Å². The summed E-state index contributed by atoms with van der Waals surface area (Å²) in [6.07, 6.45) is 4.31. The van der Waals surface area contributed by atoms with E-state index in [-0.39, 0.29) is 24.0 Å². The molecule has 1 N–H and O–H groups in total. The lowest BCUT2D eigenvalue weighted by Gasteiger charge is -2.33. The van der Waals surface area contributed by atoms with Crippen molar-refractivity contribution in [1.82, 2.24) is 20.1 Å². The van der Waals surface area contributed by atoms with E-state index in [1.165, 1.54) is 18.4 Å². The quantitative estimate of drug-likeness (QED) is 0.377. The number of aromatic nitrogens is 1. The van der Waals surface area contributed by atoms with Crippen LogP contribution in [0.4, 0.5) is 5.82 Å². The Labute approximate surface area is 191 Å². The number of aliphatic imine (C=N–C) groups is 1. The highest BCUT2D eigenvalue weighted by Crippen LogP contribution is 2.38. The first-order valence-electron chi connectivity index (χ1n) is 10.7. The zero-order valence-corrected chi connectivity index (χ0v) is 20.1. The number of likely N-dealkylation sites (N-methyl/N-ethyl adjacent to an activating group) is 1. The van der Waals surface area contributed by atoms with Gasteiger partial charge in [-0.25, -0.2) is 9.98 Å². The summed E-state index contributed by atoms with van der Waals surface area (Å²) in [5, 5.41) is 3.49. The molecule has 4 heterocycles. The van der Waals surface area contributed by atoms with Gasteiger partial charge in [0.2, 0.25) is 0 Å². The van der Waals surface area contributed by atoms with E-state index in [2.05, 4.69) is 51.1 Å². The van der Waals surface area contributed by atoms with Crippen molar-refractivity contribution >= 4 is 35.8 Å². The monoisotopic (exact) mass is 514 g/mol. The molecule has 1 aromatic heterocycles.